The lowest BCUT2D eigenvalue weighted by atomic mass is 9.87. The average Bonchev–Trinajstić information content (AvgIpc) is 2.55. The maximum Gasteiger partial charge on any atom is 0.225 e. The van der Waals surface area contributed by atoms with E-state index in [0.717, 1.165) is 24.2 Å². The SMILES string of the molecule is CCCCCCSC1=C(C#N)C(c2ccc(F)cc2)CC(=O)N1. The summed E-state index contributed by atoms with van der Waals surface area (Å²) in [6.45, 7) is 2.16. The van der Waals surface area contributed by atoms with E-state index >= 15 is 0 Å². The molecule has 0 saturated heterocycles. The van der Waals surface area contributed by atoms with Crippen molar-refractivity contribution in [3.8, 4) is 6.07 Å². The molecule has 23 heavy (non-hydrogen) atoms. The molecule has 3 nitrogen and oxygen atoms in total. The van der Waals surface area contributed by atoms with Gasteiger partial charge in [0.1, 0.15) is 5.82 Å². The van der Waals surface area contributed by atoms with Gasteiger partial charge in [0.15, 0.2) is 0 Å². The summed E-state index contributed by atoms with van der Waals surface area (Å²) in [5.74, 6) is 0.195. The second-order valence-electron chi connectivity index (χ2n) is 5.62. The van der Waals surface area contributed by atoms with E-state index in [2.05, 4.69) is 18.3 Å². The highest BCUT2D eigenvalue weighted by Gasteiger charge is 2.29. The van der Waals surface area contributed by atoms with Crippen LogP contribution in [0.25, 0.3) is 0 Å². The van der Waals surface area contributed by atoms with Crippen LogP contribution in [0, 0.1) is 17.1 Å². The number of allylic oxidation sites excluding steroid dienone is 1. The number of unbranched alkanes of at least 4 members (excludes halogenated alkanes) is 3. The van der Waals surface area contributed by atoms with Gasteiger partial charge in [-0.05, 0) is 29.9 Å². The van der Waals surface area contributed by atoms with Crippen LogP contribution in [-0.2, 0) is 4.79 Å². The summed E-state index contributed by atoms with van der Waals surface area (Å²) in [6.07, 6.45) is 4.84. The molecular weight excluding hydrogens is 311 g/mol. The third kappa shape index (κ3) is 4.84. The van der Waals surface area contributed by atoms with Gasteiger partial charge in [-0.2, -0.15) is 5.26 Å². The number of nitriles is 1. The minimum absolute atomic E-state index is 0.0885. The predicted octanol–water partition coefficient (Wildman–Crippen LogP) is 4.48. The Balaban J connectivity index is 2.14. The fraction of sp³-hybridized carbons (Fsp3) is 0.444. The number of carbonyl (C=O) groups is 1. The zero-order chi connectivity index (χ0) is 16.7. The zero-order valence-electron chi connectivity index (χ0n) is 13.3. The Hall–Kier alpha value is -1.80. The van der Waals surface area contributed by atoms with E-state index < -0.39 is 0 Å². The van der Waals surface area contributed by atoms with Crippen LogP contribution >= 0.6 is 11.8 Å². The lowest BCUT2D eigenvalue weighted by molar-refractivity contribution is -0.120. The molecule has 1 N–H and O–H groups in total. The third-order valence-electron chi connectivity index (χ3n) is 3.87. The normalized spacial score (nSPS) is 17.8. The second-order valence-corrected chi connectivity index (χ2v) is 6.73. The third-order valence-corrected chi connectivity index (χ3v) is 4.98. The van der Waals surface area contributed by atoms with Crippen molar-refractivity contribution < 1.29 is 9.18 Å². The van der Waals surface area contributed by atoms with Crippen molar-refractivity contribution in [3.63, 3.8) is 0 Å². The number of nitrogens with one attached hydrogen (secondary N) is 1. The summed E-state index contributed by atoms with van der Waals surface area (Å²) >= 11 is 1.54. The van der Waals surface area contributed by atoms with Gasteiger partial charge >= 0.3 is 0 Å². The summed E-state index contributed by atoms with van der Waals surface area (Å²) in [5, 5.41) is 13.0. The minimum atomic E-state index is -0.318. The molecule has 2 rings (SSSR count). The first-order valence-electron chi connectivity index (χ1n) is 7.98. The molecular formula is C18H21FN2OS. The number of carbonyl (C=O) groups excluding carboxylic acids is 1. The molecule has 0 aromatic heterocycles. The number of hydrogen-bond donors (Lipinski definition) is 1. The van der Waals surface area contributed by atoms with Crippen LogP contribution in [0.4, 0.5) is 4.39 Å². The highest BCUT2D eigenvalue weighted by atomic mass is 32.2. The first-order valence-corrected chi connectivity index (χ1v) is 8.96. The summed E-state index contributed by atoms with van der Waals surface area (Å²) in [6, 6.07) is 8.28. The molecule has 0 radical (unpaired) electrons. The Morgan fingerprint density at radius 2 is 2.04 bits per heavy atom. The van der Waals surface area contributed by atoms with E-state index in [1.807, 2.05) is 0 Å². The standard InChI is InChI=1S/C18H21FN2OS/c1-2-3-4-5-10-23-18-16(12-20)15(11-17(22)21-18)13-6-8-14(19)9-7-13/h6-9,15H,2-5,10-11H2,1H3,(H,21,22). The van der Waals surface area contributed by atoms with E-state index in [1.54, 1.807) is 12.1 Å². The van der Waals surface area contributed by atoms with Crippen LogP contribution in [-0.4, -0.2) is 11.7 Å². The summed E-state index contributed by atoms with van der Waals surface area (Å²) in [4.78, 5) is 12.0. The predicted molar refractivity (Wildman–Crippen MR) is 91.1 cm³/mol. The van der Waals surface area contributed by atoms with Gasteiger partial charge in [0.25, 0.3) is 0 Å². The minimum Gasteiger partial charge on any atom is -0.320 e. The molecule has 1 atom stereocenters. The number of thioether (sulfide) groups is 1. The van der Waals surface area contributed by atoms with Gasteiger partial charge in [0.2, 0.25) is 5.91 Å². The van der Waals surface area contributed by atoms with Crippen LogP contribution in [0.2, 0.25) is 0 Å². The number of nitrogens with zero attached hydrogens (tertiary/aromatic N) is 1. The number of amides is 1. The van der Waals surface area contributed by atoms with E-state index in [1.165, 1.54) is 36.7 Å². The molecule has 1 heterocycles. The van der Waals surface area contributed by atoms with Crippen molar-refractivity contribution in [3.05, 3.63) is 46.2 Å². The van der Waals surface area contributed by atoms with Gasteiger partial charge in [0, 0.05) is 12.3 Å². The lowest BCUT2D eigenvalue weighted by Gasteiger charge is -2.25. The van der Waals surface area contributed by atoms with E-state index in [0.29, 0.717) is 10.6 Å². The number of halogens is 1. The first-order chi connectivity index (χ1) is 11.2. The fourth-order valence-electron chi connectivity index (χ4n) is 2.62. The summed E-state index contributed by atoms with van der Waals surface area (Å²) < 4.78 is 13.1. The molecule has 0 aliphatic carbocycles. The topological polar surface area (TPSA) is 52.9 Å². The maximum atomic E-state index is 13.1. The van der Waals surface area contributed by atoms with Gasteiger partial charge < -0.3 is 5.32 Å². The average molecular weight is 332 g/mol. The number of benzene rings is 1. The van der Waals surface area contributed by atoms with Crippen molar-refractivity contribution in [1.29, 1.82) is 5.26 Å². The Morgan fingerprint density at radius 3 is 2.70 bits per heavy atom. The van der Waals surface area contributed by atoms with E-state index in [-0.39, 0.29) is 24.1 Å². The van der Waals surface area contributed by atoms with Crippen molar-refractivity contribution in [2.45, 2.75) is 44.9 Å². The molecule has 1 unspecified atom stereocenters. The Kier molecular flexibility index (Phi) is 6.66. The smallest absolute Gasteiger partial charge is 0.225 e. The second kappa shape index (κ2) is 8.73. The Labute approximate surface area is 141 Å². The van der Waals surface area contributed by atoms with Crippen LogP contribution in [0.5, 0.6) is 0 Å². The van der Waals surface area contributed by atoms with Crippen molar-refractivity contribution in [2.24, 2.45) is 0 Å². The van der Waals surface area contributed by atoms with Crippen molar-refractivity contribution in [2.75, 3.05) is 5.75 Å². The monoisotopic (exact) mass is 332 g/mol. The molecule has 1 aromatic carbocycles. The van der Waals surface area contributed by atoms with Gasteiger partial charge in [-0.25, -0.2) is 4.39 Å². The quantitative estimate of drug-likeness (QED) is 0.749. The van der Waals surface area contributed by atoms with Gasteiger partial charge in [0.05, 0.1) is 16.7 Å². The van der Waals surface area contributed by atoms with Crippen LogP contribution < -0.4 is 5.32 Å². The van der Waals surface area contributed by atoms with E-state index in [4.69, 9.17) is 0 Å². The number of rotatable bonds is 7. The van der Waals surface area contributed by atoms with Crippen molar-refractivity contribution >= 4 is 17.7 Å². The van der Waals surface area contributed by atoms with E-state index in [9.17, 15) is 14.4 Å². The van der Waals surface area contributed by atoms with Gasteiger partial charge in [-0.1, -0.05) is 38.3 Å². The fourth-order valence-corrected chi connectivity index (χ4v) is 3.70. The van der Waals surface area contributed by atoms with Gasteiger partial charge in [-0.15, -0.1) is 11.8 Å². The van der Waals surface area contributed by atoms with Crippen LogP contribution in [0.1, 0.15) is 50.5 Å². The molecule has 0 spiro atoms. The molecule has 5 heteroatoms. The highest BCUT2D eigenvalue weighted by Crippen LogP contribution is 2.36. The molecule has 1 aromatic rings. The highest BCUT2D eigenvalue weighted by molar-refractivity contribution is 8.03. The largest absolute Gasteiger partial charge is 0.320 e. The molecule has 122 valence electrons. The molecule has 0 bridgehead atoms. The molecule has 1 aliphatic heterocycles. The summed E-state index contributed by atoms with van der Waals surface area (Å²) in [7, 11) is 0. The first kappa shape index (κ1) is 17.6. The summed E-state index contributed by atoms with van der Waals surface area (Å²) in [5.41, 5.74) is 1.39. The molecule has 1 aliphatic rings. The van der Waals surface area contributed by atoms with Gasteiger partial charge in [-0.3, -0.25) is 4.79 Å². The lowest BCUT2D eigenvalue weighted by Crippen LogP contribution is -2.30. The number of hydrogen-bond acceptors (Lipinski definition) is 3. The maximum absolute atomic E-state index is 13.1. The molecule has 0 saturated carbocycles. The Bertz CT molecular complexity index is 619. The van der Waals surface area contributed by atoms with Crippen LogP contribution in [0.3, 0.4) is 0 Å². The van der Waals surface area contributed by atoms with Crippen LogP contribution in [0.15, 0.2) is 34.9 Å². The molecule has 1 amide bonds. The van der Waals surface area contributed by atoms with Crippen molar-refractivity contribution in [1.82, 2.24) is 5.32 Å². The zero-order valence-corrected chi connectivity index (χ0v) is 14.1. The Morgan fingerprint density at radius 1 is 1.30 bits per heavy atom. The molecule has 0 fully saturated rings.